The Morgan fingerprint density at radius 3 is 3.10 bits per heavy atom. The number of carbonyl (C=O) groups excluding carboxylic acids is 1. The number of aryl methyl sites for hydroxylation is 1. The fourth-order valence-electron chi connectivity index (χ4n) is 2.86. The summed E-state index contributed by atoms with van der Waals surface area (Å²) in [4.78, 5) is 14.6. The lowest BCUT2D eigenvalue weighted by atomic mass is 9.97. The van der Waals surface area contributed by atoms with Crippen molar-refractivity contribution in [3.8, 4) is 0 Å². The lowest BCUT2D eigenvalue weighted by molar-refractivity contribution is -0.134. The molecule has 0 aromatic carbocycles. The molecule has 0 N–H and O–H groups in total. The number of piperidine rings is 1. The summed E-state index contributed by atoms with van der Waals surface area (Å²) in [6.45, 7) is 0.864. The fraction of sp³-hybridized carbons (Fsp3) is 0.467. The second-order valence-electron chi connectivity index (χ2n) is 5.35. The van der Waals surface area contributed by atoms with Gasteiger partial charge in [-0.05, 0) is 41.7 Å². The summed E-state index contributed by atoms with van der Waals surface area (Å²) in [5, 5.41) is 8.32. The number of hydrogen-bond donors (Lipinski definition) is 0. The van der Waals surface area contributed by atoms with Gasteiger partial charge in [0.25, 0.3) is 0 Å². The topological polar surface area (TPSA) is 38.1 Å². The molecule has 1 saturated heterocycles. The molecule has 1 aliphatic heterocycles. The van der Waals surface area contributed by atoms with E-state index in [9.17, 15) is 4.79 Å². The summed E-state index contributed by atoms with van der Waals surface area (Å²) in [5.41, 5.74) is 2.28. The summed E-state index contributed by atoms with van der Waals surface area (Å²) in [6, 6.07) is 2.23. The van der Waals surface area contributed by atoms with Crippen LogP contribution < -0.4 is 0 Å². The first kappa shape index (κ1) is 13.4. The van der Waals surface area contributed by atoms with Crippen LogP contribution in [0.25, 0.3) is 0 Å². The molecule has 1 aliphatic rings. The van der Waals surface area contributed by atoms with Crippen LogP contribution in [0.5, 0.6) is 0 Å². The molecule has 2 aromatic heterocycles. The zero-order valence-electron chi connectivity index (χ0n) is 11.7. The summed E-state index contributed by atoms with van der Waals surface area (Å²) in [7, 11) is 1.92. The number of likely N-dealkylation sites (tertiary alicyclic amines) is 1. The van der Waals surface area contributed by atoms with E-state index in [-0.39, 0.29) is 11.9 Å². The molecule has 0 radical (unpaired) electrons. The molecule has 0 spiro atoms. The normalized spacial score (nSPS) is 19.2. The van der Waals surface area contributed by atoms with Crippen LogP contribution in [-0.2, 0) is 18.3 Å². The van der Waals surface area contributed by atoms with E-state index in [2.05, 4.69) is 10.5 Å². The first-order chi connectivity index (χ1) is 9.74. The van der Waals surface area contributed by atoms with Crippen LogP contribution >= 0.6 is 11.3 Å². The van der Waals surface area contributed by atoms with E-state index in [1.807, 2.05) is 40.5 Å². The average Bonchev–Trinajstić information content (AvgIpc) is 3.10. The van der Waals surface area contributed by atoms with Crippen molar-refractivity contribution >= 4 is 17.2 Å². The monoisotopic (exact) mass is 289 g/mol. The van der Waals surface area contributed by atoms with Gasteiger partial charge >= 0.3 is 0 Å². The maximum Gasteiger partial charge on any atom is 0.227 e. The summed E-state index contributed by atoms with van der Waals surface area (Å²) >= 11 is 1.64. The van der Waals surface area contributed by atoms with Gasteiger partial charge in [0, 0.05) is 25.4 Å². The SMILES string of the molecule is Cn1cc([C@@H]2CCCCN2C(=O)Cc2ccsc2)cn1. The number of amides is 1. The molecule has 106 valence electrons. The van der Waals surface area contributed by atoms with Gasteiger partial charge < -0.3 is 4.90 Å². The van der Waals surface area contributed by atoms with Crippen molar-refractivity contribution in [2.45, 2.75) is 31.7 Å². The third kappa shape index (κ3) is 2.77. The second kappa shape index (κ2) is 5.79. The Morgan fingerprint density at radius 2 is 2.40 bits per heavy atom. The van der Waals surface area contributed by atoms with Crippen molar-refractivity contribution < 1.29 is 4.79 Å². The van der Waals surface area contributed by atoms with Crippen LogP contribution in [-0.4, -0.2) is 27.1 Å². The Morgan fingerprint density at radius 1 is 1.50 bits per heavy atom. The van der Waals surface area contributed by atoms with Gasteiger partial charge in [0.1, 0.15) is 0 Å². The molecule has 4 nitrogen and oxygen atoms in total. The van der Waals surface area contributed by atoms with Crippen molar-refractivity contribution in [2.24, 2.45) is 7.05 Å². The second-order valence-corrected chi connectivity index (χ2v) is 6.13. The standard InChI is InChI=1S/C15H19N3OS/c1-17-10-13(9-16-17)14-4-2-3-6-18(14)15(19)8-12-5-7-20-11-12/h5,7,9-11,14H,2-4,6,8H2,1H3/t14-/m0/s1. The molecule has 3 heterocycles. The minimum Gasteiger partial charge on any atom is -0.335 e. The number of thiophene rings is 1. The molecular weight excluding hydrogens is 270 g/mol. The number of hydrogen-bond acceptors (Lipinski definition) is 3. The van der Waals surface area contributed by atoms with Gasteiger partial charge in [-0.15, -0.1) is 0 Å². The van der Waals surface area contributed by atoms with Gasteiger partial charge in [0.2, 0.25) is 5.91 Å². The summed E-state index contributed by atoms with van der Waals surface area (Å²) in [6.07, 6.45) is 7.76. The fourth-order valence-corrected chi connectivity index (χ4v) is 3.53. The first-order valence-corrected chi connectivity index (χ1v) is 7.97. The maximum absolute atomic E-state index is 12.6. The molecule has 0 bridgehead atoms. The lowest BCUT2D eigenvalue weighted by Crippen LogP contribution is -2.39. The lowest BCUT2D eigenvalue weighted by Gasteiger charge is -2.35. The minimum absolute atomic E-state index is 0.198. The average molecular weight is 289 g/mol. The van der Waals surface area contributed by atoms with Crippen molar-refractivity contribution in [3.05, 3.63) is 40.3 Å². The van der Waals surface area contributed by atoms with Gasteiger partial charge in [-0.25, -0.2) is 0 Å². The Labute approximate surface area is 123 Å². The first-order valence-electron chi connectivity index (χ1n) is 7.03. The Bertz CT molecular complexity index is 576. The Hall–Kier alpha value is -1.62. The van der Waals surface area contributed by atoms with Crippen molar-refractivity contribution in [1.82, 2.24) is 14.7 Å². The van der Waals surface area contributed by atoms with E-state index in [0.29, 0.717) is 6.42 Å². The molecule has 0 saturated carbocycles. The van der Waals surface area contributed by atoms with Crippen LogP contribution in [0, 0.1) is 0 Å². The highest BCUT2D eigenvalue weighted by Gasteiger charge is 2.28. The number of aromatic nitrogens is 2. The van der Waals surface area contributed by atoms with E-state index >= 15 is 0 Å². The smallest absolute Gasteiger partial charge is 0.227 e. The van der Waals surface area contributed by atoms with E-state index in [4.69, 9.17) is 0 Å². The largest absolute Gasteiger partial charge is 0.335 e. The van der Waals surface area contributed by atoms with Crippen LogP contribution in [0.15, 0.2) is 29.2 Å². The maximum atomic E-state index is 12.6. The molecule has 3 rings (SSSR count). The highest BCUT2D eigenvalue weighted by Crippen LogP contribution is 2.31. The van der Waals surface area contributed by atoms with E-state index < -0.39 is 0 Å². The molecule has 5 heteroatoms. The third-order valence-corrected chi connectivity index (χ3v) is 4.60. The Balaban J connectivity index is 1.76. The summed E-state index contributed by atoms with van der Waals surface area (Å²) in [5.74, 6) is 0.233. The Kier molecular flexibility index (Phi) is 3.87. The van der Waals surface area contributed by atoms with Crippen LogP contribution in [0.3, 0.4) is 0 Å². The number of nitrogens with zero attached hydrogens (tertiary/aromatic N) is 3. The molecule has 1 amide bonds. The molecule has 20 heavy (non-hydrogen) atoms. The van der Waals surface area contributed by atoms with Crippen molar-refractivity contribution in [1.29, 1.82) is 0 Å². The van der Waals surface area contributed by atoms with Crippen LogP contribution in [0.1, 0.15) is 36.4 Å². The predicted octanol–water partition coefficient (Wildman–Crippen LogP) is 2.78. The minimum atomic E-state index is 0.198. The summed E-state index contributed by atoms with van der Waals surface area (Å²) < 4.78 is 1.81. The van der Waals surface area contributed by atoms with Gasteiger partial charge in [-0.2, -0.15) is 16.4 Å². The third-order valence-electron chi connectivity index (χ3n) is 3.87. The van der Waals surface area contributed by atoms with Gasteiger partial charge in [0.05, 0.1) is 18.7 Å². The quantitative estimate of drug-likeness (QED) is 0.871. The molecule has 1 fully saturated rings. The zero-order valence-corrected chi connectivity index (χ0v) is 12.5. The van der Waals surface area contributed by atoms with Gasteiger partial charge in [-0.3, -0.25) is 9.48 Å². The van der Waals surface area contributed by atoms with Crippen LogP contribution in [0.4, 0.5) is 0 Å². The molecule has 0 unspecified atom stereocenters. The van der Waals surface area contributed by atoms with E-state index in [1.54, 1.807) is 11.3 Å². The van der Waals surface area contributed by atoms with Crippen molar-refractivity contribution in [2.75, 3.05) is 6.54 Å². The number of carbonyl (C=O) groups is 1. The van der Waals surface area contributed by atoms with Gasteiger partial charge in [0.15, 0.2) is 0 Å². The number of rotatable bonds is 3. The highest BCUT2D eigenvalue weighted by atomic mass is 32.1. The molecular formula is C15H19N3OS. The van der Waals surface area contributed by atoms with E-state index in [0.717, 1.165) is 30.5 Å². The molecule has 1 atom stereocenters. The highest BCUT2D eigenvalue weighted by molar-refractivity contribution is 7.07. The van der Waals surface area contributed by atoms with Crippen molar-refractivity contribution in [3.63, 3.8) is 0 Å². The zero-order chi connectivity index (χ0) is 13.9. The van der Waals surface area contributed by atoms with Crippen LogP contribution in [0.2, 0.25) is 0 Å². The van der Waals surface area contributed by atoms with Gasteiger partial charge in [-0.1, -0.05) is 0 Å². The predicted molar refractivity (Wildman–Crippen MR) is 79.5 cm³/mol. The van der Waals surface area contributed by atoms with E-state index in [1.165, 1.54) is 6.42 Å². The molecule has 2 aromatic rings. The molecule has 0 aliphatic carbocycles.